The third-order valence-electron chi connectivity index (χ3n) is 3.47. The van der Waals surface area contributed by atoms with E-state index in [1.54, 1.807) is 24.5 Å². The van der Waals surface area contributed by atoms with E-state index < -0.39 is 0 Å². The largest absolute Gasteiger partial charge is 0.384 e. The van der Waals surface area contributed by atoms with E-state index >= 15 is 0 Å². The first-order valence-corrected chi connectivity index (χ1v) is 8.67. The van der Waals surface area contributed by atoms with Gasteiger partial charge in [-0.1, -0.05) is 11.6 Å². The molecular formula is C15H21ClN6OS. The number of ether oxygens (including phenoxy) is 1. The Morgan fingerprint density at radius 3 is 2.54 bits per heavy atom. The monoisotopic (exact) mass is 368 g/mol. The summed E-state index contributed by atoms with van der Waals surface area (Å²) in [6, 6.07) is 5.33. The minimum absolute atomic E-state index is 0.224. The molecule has 1 aliphatic rings. The zero-order valence-electron chi connectivity index (χ0n) is 13.6. The molecule has 4 N–H and O–H groups in total. The van der Waals surface area contributed by atoms with Crippen molar-refractivity contribution in [3.05, 3.63) is 23.4 Å². The van der Waals surface area contributed by atoms with E-state index in [9.17, 15) is 0 Å². The number of nitrogen functional groups attached to an aromatic ring is 2. The van der Waals surface area contributed by atoms with Crippen LogP contribution in [-0.4, -0.2) is 47.0 Å². The number of halogens is 1. The lowest BCUT2D eigenvalue weighted by Gasteiger charge is -2.34. The molecule has 0 aromatic carbocycles. The lowest BCUT2D eigenvalue weighted by Crippen LogP contribution is -2.44. The second-order valence-corrected chi connectivity index (χ2v) is 5.58. The van der Waals surface area contributed by atoms with Gasteiger partial charge in [-0.25, -0.2) is 15.0 Å². The third kappa shape index (κ3) is 4.40. The highest BCUT2D eigenvalue weighted by Crippen LogP contribution is 2.26. The summed E-state index contributed by atoms with van der Waals surface area (Å²) in [6.07, 6.45) is 1.69. The van der Waals surface area contributed by atoms with Gasteiger partial charge in [-0.2, -0.15) is 12.6 Å². The summed E-state index contributed by atoms with van der Waals surface area (Å²) in [7, 11) is 0. The SMILES string of the molecule is CC1COCCN1c1cc(N)nc(-c2cc(N)nc(Cl)c2)n1.CS. The van der Waals surface area contributed by atoms with Crippen LogP contribution in [0.5, 0.6) is 0 Å². The summed E-state index contributed by atoms with van der Waals surface area (Å²) >= 11 is 9.47. The maximum Gasteiger partial charge on any atom is 0.164 e. The summed E-state index contributed by atoms with van der Waals surface area (Å²) in [6.45, 7) is 4.17. The zero-order chi connectivity index (χ0) is 17.7. The smallest absolute Gasteiger partial charge is 0.164 e. The van der Waals surface area contributed by atoms with Crippen LogP contribution in [0.25, 0.3) is 11.4 Å². The van der Waals surface area contributed by atoms with Gasteiger partial charge in [0.2, 0.25) is 0 Å². The van der Waals surface area contributed by atoms with Gasteiger partial charge in [0.15, 0.2) is 5.82 Å². The Bertz CT molecular complexity index is 681. The molecule has 24 heavy (non-hydrogen) atoms. The van der Waals surface area contributed by atoms with Crippen LogP contribution in [0.15, 0.2) is 18.2 Å². The van der Waals surface area contributed by atoms with Crippen LogP contribution in [0, 0.1) is 0 Å². The number of hydrogen-bond acceptors (Lipinski definition) is 8. The fourth-order valence-electron chi connectivity index (χ4n) is 2.44. The van der Waals surface area contributed by atoms with E-state index in [4.69, 9.17) is 27.8 Å². The van der Waals surface area contributed by atoms with Gasteiger partial charge in [0.1, 0.15) is 22.6 Å². The molecule has 1 saturated heterocycles. The highest BCUT2D eigenvalue weighted by Gasteiger charge is 2.21. The van der Waals surface area contributed by atoms with Gasteiger partial charge < -0.3 is 21.1 Å². The fraction of sp³-hybridized carbons (Fsp3) is 0.400. The summed E-state index contributed by atoms with van der Waals surface area (Å²) in [4.78, 5) is 15.0. The highest BCUT2D eigenvalue weighted by atomic mass is 35.5. The summed E-state index contributed by atoms with van der Waals surface area (Å²) in [5, 5.41) is 0.294. The standard InChI is InChI=1S/C14H17ClN6O.CH4S/c1-8-7-22-3-2-21(8)13-6-12(17)19-14(20-13)9-4-10(15)18-11(16)5-9;1-2/h4-6,8H,2-3,7H2,1H3,(H2,16,18)(H2,17,19,20);2H,1H3. The maximum atomic E-state index is 5.95. The zero-order valence-corrected chi connectivity index (χ0v) is 15.3. The number of pyridine rings is 1. The number of rotatable bonds is 2. The minimum atomic E-state index is 0.224. The first kappa shape index (κ1) is 18.6. The molecule has 0 saturated carbocycles. The van der Waals surface area contributed by atoms with Gasteiger partial charge in [-0.3, -0.25) is 0 Å². The molecule has 3 heterocycles. The lowest BCUT2D eigenvalue weighted by molar-refractivity contribution is 0.0985. The van der Waals surface area contributed by atoms with Crippen LogP contribution < -0.4 is 16.4 Å². The Morgan fingerprint density at radius 2 is 1.88 bits per heavy atom. The van der Waals surface area contributed by atoms with E-state index in [2.05, 4.69) is 39.4 Å². The first-order chi connectivity index (χ1) is 11.5. The van der Waals surface area contributed by atoms with Gasteiger partial charge in [0.25, 0.3) is 0 Å². The molecule has 1 unspecified atom stereocenters. The first-order valence-electron chi connectivity index (χ1n) is 7.40. The Morgan fingerprint density at radius 1 is 1.17 bits per heavy atom. The predicted octanol–water partition coefficient (Wildman–Crippen LogP) is 2.13. The van der Waals surface area contributed by atoms with Gasteiger partial charge in [-0.05, 0) is 25.3 Å². The van der Waals surface area contributed by atoms with E-state index in [1.165, 1.54) is 0 Å². The summed E-state index contributed by atoms with van der Waals surface area (Å²) in [5.74, 6) is 1.95. The van der Waals surface area contributed by atoms with Crippen molar-refractivity contribution in [1.82, 2.24) is 15.0 Å². The second-order valence-electron chi connectivity index (χ2n) is 5.20. The van der Waals surface area contributed by atoms with Crippen molar-refractivity contribution in [2.45, 2.75) is 13.0 Å². The average molecular weight is 369 g/mol. The predicted molar refractivity (Wildman–Crippen MR) is 102 cm³/mol. The molecule has 3 rings (SSSR count). The maximum absolute atomic E-state index is 5.95. The normalized spacial score (nSPS) is 17.2. The average Bonchev–Trinajstić information content (AvgIpc) is 2.55. The number of nitrogens with two attached hydrogens (primary N) is 2. The van der Waals surface area contributed by atoms with Crippen molar-refractivity contribution in [3.63, 3.8) is 0 Å². The van der Waals surface area contributed by atoms with Crippen LogP contribution in [0.1, 0.15) is 6.92 Å². The van der Waals surface area contributed by atoms with E-state index in [0.29, 0.717) is 41.4 Å². The van der Waals surface area contributed by atoms with Crippen molar-refractivity contribution in [1.29, 1.82) is 0 Å². The highest BCUT2D eigenvalue weighted by molar-refractivity contribution is 7.79. The third-order valence-corrected chi connectivity index (χ3v) is 3.66. The second kappa shape index (κ2) is 8.36. The van der Waals surface area contributed by atoms with Gasteiger partial charge in [-0.15, -0.1) is 0 Å². The van der Waals surface area contributed by atoms with Crippen LogP contribution in [0.3, 0.4) is 0 Å². The number of thiol groups is 1. The number of morpholine rings is 1. The summed E-state index contributed by atoms with van der Waals surface area (Å²) < 4.78 is 5.45. The number of anilines is 3. The molecule has 130 valence electrons. The molecule has 1 atom stereocenters. The minimum Gasteiger partial charge on any atom is -0.384 e. The topological polar surface area (TPSA) is 103 Å². The van der Waals surface area contributed by atoms with E-state index in [-0.39, 0.29) is 6.04 Å². The molecule has 1 fully saturated rings. The number of hydrogen-bond donors (Lipinski definition) is 3. The summed E-state index contributed by atoms with van der Waals surface area (Å²) in [5.41, 5.74) is 12.4. The van der Waals surface area contributed by atoms with E-state index in [1.807, 2.05) is 0 Å². The van der Waals surface area contributed by atoms with Crippen molar-refractivity contribution < 1.29 is 4.74 Å². The molecule has 0 spiro atoms. The Balaban J connectivity index is 0.00000100. The fourth-order valence-corrected chi connectivity index (χ4v) is 2.66. The van der Waals surface area contributed by atoms with Gasteiger partial charge in [0.05, 0.1) is 19.3 Å². The Labute approximate surface area is 151 Å². The van der Waals surface area contributed by atoms with Crippen molar-refractivity contribution in [2.24, 2.45) is 0 Å². The van der Waals surface area contributed by atoms with Crippen molar-refractivity contribution in [2.75, 3.05) is 42.4 Å². The quantitative estimate of drug-likeness (QED) is 0.551. The number of nitrogens with zero attached hydrogens (tertiary/aromatic N) is 4. The van der Waals surface area contributed by atoms with Crippen molar-refractivity contribution in [3.8, 4) is 11.4 Å². The Hall–Kier alpha value is -1.77. The molecule has 0 aliphatic carbocycles. The molecule has 2 aromatic rings. The Kier molecular flexibility index (Phi) is 6.47. The van der Waals surface area contributed by atoms with Crippen LogP contribution >= 0.6 is 24.2 Å². The number of aromatic nitrogens is 3. The lowest BCUT2D eigenvalue weighted by atomic mass is 10.2. The van der Waals surface area contributed by atoms with Gasteiger partial charge >= 0.3 is 0 Å². The van der Waals surface area contributed by atoms with Crippen molar-refractivity contribution >= 4 is 41.7 Å². The van der Waals surface area contributed by atoms with E-state index in [0.717, 1.165) is 12.4 Å². The molecule has 7 nitrogen and oxygen atoms in total. The van der Waals surface area contributed by atoms with Crippen LogP contribution in [-0.2, 0) is 4.74 Å². The molecule has 1 aliphatic heterocycles. The molecular weight excluding hydrogens is 348 g/mol. The molecule has 2 aromatic heterocycles. The molecule has 9 heteroatoms. The molecule has 0 amide bonds. The molecule has 0 bridgehead atoms. The van der Waals surface area contributed by atoms with Gasteiger partial charge in [0, 0.05) is 18.2 Å². The van der Waals surface area contributed by atoms with Crippen LogP contribution in [0.4, 0.5) is 17.5 Å². The van der Waals surface area contributed by atoms with Crippen LogP contribution in [0.2, 0.25) is 5.15 Å². The molecule has 0 radical (unpaired) electrons.